The number of pyridine rings is 1. The first-order chi connectivity index (χ1) is 7.65. The van der Waals surface area contributed by atoms with Crippen molar-refractivity contribution in [3.63, 3.8) is 0 Å². The molecule has 0 spiro atoms. The summed E-state index contributed by atoms with van der Waals surface area (Å²) in [6.07, 6.45) is 3.67. The number of aryl methyl sites for hydroxylation is 2. The lowest BCUT2D eigenvalue weighted by Crippen LogP contribution is -2.00. The molecule has 6 heteroatoms. The van der Waals surface area contributed by atoms with E-state index in [4.69, 9.17) is 0 Å². The van der Waals surface area contributed by atoms with Crippen molar-refractivity contribution in [3.8, 4) is 0 Å². The average molecular weight is 282 g/mol. The van der Waals surface area contributed by atoms with E-state index >= 15 is 0 Å². The van der Waals surface area contributed by atoms with Crippen molar-refractivity contribution < 1.29 is 0 Å². The van der Waals surface area contributed by atoms with Crippen LogP contribution in [-0.4, -0.2) is 20.0 Å². The van der Waals surface area contributed by atoms with Crippen molar-refractivity contribution in [3.05, 3.63) is 34.3 Å². The standard InChI is InChI=1S/C10H12BrN5/c1-7-3-8(4-13-10(7)11)12-5-9-6-16(2)15-14-9/h3-4,6,12H,5H2,1-2H3. The molecule has 0 saturated heterocycles. The Labute approximate surface area is 102 Å². The summed E-state index contributed by atoms with van der Waals surface area (Å²) in [4.78, 5) is 4.21. The molecule has 0 aliphatic carbocycles. The van der Waals surface area contributed by atoms with Gasteiger partial charge in [-0.15, -0.1) is 5.10 Å². The lowest BCUT2D eigenvalue weighted by atomic mass is 10.3. The Morgan fingerprint density at radius 3 is 2.94 bits per heavy atom. The molecule has 0 amide bonds. The molecule has 0 aliphatic rings. The van der Waals surface area contributed by atoms with Gasteiger partial charge in [-0.2, -0.15) is 0 Å². The highest BCUT2D eigenvalue weighted by Gasteiger charge is 2.00. The Morgan fingerprint density at radius 2 is 2.31 bits per heavy atom. The third kappa shape index (κ3) is 2.57. The first kappa shape index (κ1) is 11.1. The third-order valence-corrected chi connectivity index (χ3v) is 2.97. The van der Waals surface area contributed by atoms with E-state index in [1.165, 1.54) is 0 Å². The fourth-order valence-corrected chi connectivity index (χ4v) is 1.54. The van der Waals surface area contributed by atoms with E-state index in [9.17, 15) is 0 Å². The van der Waals surface area contributed by atoms with Crippen molar-refractivity contribution in [2.24, 2.45) is 7.05 Å². The van der Waals surface area contributed by atoms with Gasteiger partial charge in [0.25, 0.3) is 0 Å². The quantitative estimate of drug-likeness (QED) is 0.873. The van der Waals surface area contributed by atoms with Crippen LogP contribution in [0.5, 0.6) is 0 Å². The molecule has 0 bridgehead atoms. The molecule has 16 heavy (non-hydrogen) atoms. The van der Waals surface area contributed by atoms with Crippen LogP contribution in [0.2, 0.25) is 0 Å². The number of nitrogens with one attached hydrogen (secondary N) is 1. The largest absolute Gasteiger partial charge is 0.378 e. The van der Waals surface area contributed by atoms with Crippen LogP contribution in [0.25, 0.3) is 0 Å². The summed E-state index contributed by atoms with van der Waals surface area (Å²) in [6, 6.07) is 2.04. The fraction of sp³-hybridized carbons (Fsp3) is 0.300. The maximum absolute atomic E-state index is 4.21. The molecule has 0 radical (unpaired) electrons. The molecule has 1 N–H and O–H groups in total. The average Bonchev–Trinajstić information content (AvgIpc) is 2.66. The SMILES string of the molecule is Cc1cc(NCc2cn(C)nn2)cnc1Br. The second kappa shape index (κ2) is 4.61. The summed E-state index contributed by atoms with van der Waals surface area (Å²) in [5.41, 5.74) is 2.98. The molecular weight excluding hydrogens is 270 g/mol. The van der Waals surface area contributed by atoms with Crippen molar-refractivity contribution >= 4 is 21.6 Å². The Bertz CT molecular complexity index is 494. The van der Waals surface area contributed by atoms with Gasteiger partial charge in [-0.25, -0.2) is 4.98 Å². The normalized spacial score (nSPS) is 10.4. The van der Waals surface area contributed by atoms with Gasteiger partial charge in [0, 0.05) is 13.2 Å². The maximum atomic E-state index is 4.21. The maximum Gasteiger partial charge on any atom is 0.109 e. The number of aromatic nitrogens is 4. The molecule has 84 valence electrons. The number of anilines is 1. The Hall–Kier alpha value is -1.43. The summed E-state index contributed by atoms with van der Waals surface area (Å²) in [5, 5.41) is 11.1. The minimum Gasteiger partial charge on any atom is -0.378 e. The van der Waals surface area contributed by atoms with Crippen molar-refractivity contribution in [2.45, 2.75) is 13.5 Å². The van der Waals surface area contributed by atoms with E-state index in [1.54, 1.807) is 10.9 Å². The Morgan fingerprint density at radius 1 is 1.50 bits per heavy atom. The van der Waals surface area contributed by atoms with Crippen LogP contribution in [-0.2, 0) is 13.6 Å². The molecule has 2 aromatic rings. The van der Waals surface area contributed by atoms with E-state index in [0.29, 0.717) is 6.54 Å². The third-order valence-electron chi connectivity index (χ3n) is 2.14. The molecule has 0 atom stereocenters. The van der Waals surface area contributed by atoms with Gasteiger partial charge in [0.15, 0.2) is 0 Å². The molecule has 0 saturated carbocycles. The fourth-order valence-electron chi connectivity index (χ4n) is 1.32. The zero-order chi connectivity index (χ0) is 11.5. The number of hydrogen-bond acceptors (Lipinski definition) is 4. The monoisotopic (exact) mass is 281 g/mol. The Kier molecular flexibility index (Phi) is 3.19. The number of rotatable bonds is 3. The predicted molar refractivity (Wildman–Crippen MR) is 65.0 cm³/mol. The first-order valence-corrected chi connectivity index (χ1v) is 5.65. The van der Waals surface area contributed by atoms with Crippen LogP contribution in [0.1, 0.15) is 11.3 Å². The van der Waals surface area contributed by atoms with Gasteiger partial charge in [0.1, 0.15) is 10.3 Å². The van der Waals surface area contributed by atoms with Crippen LogP contribution < -0.4 is 5.32 Å². The van der Waals surface area contributed by atoms with Crippen molar-refractivity contribution in [1.29, 1.82) is 0 Å². The topological polar surface area (TPSA) is 55.6 Å². The van der Waals surface area contributed by atoms with E-state index in [0.717, 1.165) is 21.5 Å². The van der Waals surface area contributed by atoms with E-state index in [1.807, 2.05) is 26.2 Å². The summed E-state index contributed by atoms with van der Waals surface area (Å²) >= 11 is 3.36. The van der Waals surface area contributed by atoms with Crippen LogP contribution in [0, 0.1) is 6.92 Å². The second-order valence-corrected chi connectivity index (χ2v) is 4.32. The number of halogens is 1. The van der Waals surface area contributed by atoms with Gasteiger partial charge in [-0.3, -0.25) is 4.68 Å². The lowest BCUT2D eigenvalue weighted by Gasteiger charge is -2.05. The smallest absolute Gasteiger partial charge is 0.109 e. The van der Waals surface area contributed by atoms with Crippen LogP contribution >= 0.6 is 15.9 Å². The molecule has 2 heterocycles. The van der Waals surface area contributed by atoms with E-state index < -0.39 is 0 Å². The van der Waals surface area contributed by atoms with Gasteiger partial charge >= 0.3 is 0 Å². The summed E-state index contributed by atoms with van der Waals surface area (Å²) in [5.74, 6) is 0. The van der Waals surface area contributed by atoms with Crippen LogP contribution in [0.3, 0.4) is 0 Å². The van der Waals surface area contributed by atoms with Gasteiger partial charge < -0.3 is 5.32 Å². The minimum absolute atomic E-state index is 0.649. The minimum atomic E-state index is 0.649. The summed E-state index contributed by atoms with van der Waals surface area (Å²) < 4.78 is 2.56. The molecule has 0 unspecified atom stereocenters. The van der Waals surface area contributed by atoms with E-state index in [-0.39, 0.29) is 0 Å². The molecule has 0 fully saturated rings. The van der Waals surface area contributed by atoms with Gasteiger partial charge in [-0.05, 0) is 34.5 Å². The first-order valence-electron chi connectivity index (χ1n) is 4.86. The molecule has 2 aromatic heterocycles. The van der Waals surface area contributed by atoms with Crippen LogP contribution in [0.15, 0.2) is 23.1 Å². The zero-order valence-corrected chi connectivity index (χ0v) is 10.7. The predicted octanol–water partition coefficient (Wildman–Crippen LogP) is 1.89. The highest BCUT2D eigenvalue weighted by Crippen LogP contribution is 2.16. The van der Waals surface area contributed by atoms with Crippen molar-refractivity contribution in [1.82, 2.24) is 20.0 Å². The summed E-state index contributed by atoms with van der Waals surface area (Å²) in [6.45, 7) is 2.65. The molecule has 0 aromatic carbocycles. The molecular formula is C10H12BrN5. The van der Waals surface area contributed by atoms with Crippen LogP contribution in [0.4, 0.5) is 5.69 Å². The highest BCUT2D eigenvalue weighted by atomic mass is 79.9. The Balaban J connectivity index is 2.02. The molecule has 5 nitrogen and oxygen atoms in total. The number of hydrogen-bond donors (Lipinski definition) is 1. The van der Waals surface area contributed by atoms with E-state index in [2.05, 4.69) is 36.5 Å². The van der Waals surface area contributed by atoms with Gasteiger partial charge in [0.2, 0.25) is 0 Å². The van der Waals surface area contributed by atoms with Crippen molar-refractivity contribution in [2.75, 3.05) is 5.32 Å². The highest BCUT2D eigenvalue weighted by molar-refractivity contribution is 9.10. The van der Waals surface area contributed by atoms with Gasteiger partial charge in [0.05, 0.1) is 18.4 Å². The lowest BCUT2D eigenvalue weighted by molar-refractivity contribution is 0.713. The zero-order valence-electron chi connectivity index (χ0n) is 9.11. The second-order valence-electron chi connectivity index (χ2n) is 3.57. The van der Waals surface area contributed by atoms with Gasteiger partial charge in [-0.1, -0.05) is 5.21 Å². The molecule has 2 rings (SSSR count). The number of nitrogens with zero attached hydrogens (tertiary/aromatic N) is 4. The summed E-state index contributed by atoms with van der Waals surface area (Å²) in [7, 11) is 1.85. The molecule has 0 aliphatic heterocycles.